The minimum absolute atomic E-state index is 0.0975. The van der Waals surface area contributed by atoms with E-state index in [0.717, 1.165) is 24.2 Å². The number of carbonyl (C=O) groups is 1. The Hall–Kier alpha value is -2.41. The van der Waals surface area contributed by atoms with Crippen molar-refractivity contribution in [3.63, 3.8) is 0 Å². The summed E-state index contributed by atoms with van der Waals surface area (Å²) in [6.07, 6.45) is 2.25. The van der Waals surface area contributed by atoms with E-state index in [1.165, 1.54) is 12.1 Å². The molecule has 1 aromatic heterocycles. The fourth-order valence-corrected chi connectivity index (χ4v) is 2.29. The summed E-state index contributed by atoms with van der Waals surface area (Å²) in [7, 11) is 1.88. The summed E-state index contributed by atoms with van der Waals surface area (Å²) in [6, 6.07) is 4.56. The lowest BCUT2D eigenvalue weighted by atomic mass is 10.1. The van der Waals surface area contributed by atoms with Crippen LogP contribution in [0.25, 0.3) is 0 Å². The van der Waals surface area contributed by atoms with Crippen LogP contribution in [-0.4, -0.2) is 38.3 Å². The van der Waals surface area contributed by atoms with E-state index in [0.29, 0.717) is 24.9 Å². The zero-order valence-electron chi connectivity index (χ0n) is 12.2. The molecule has 3 rings (SSSR count). The van der Waals surface area contributed by atoms with Crippen molar-refractivity contribution in [2.24, 2.45) is 0 Å². The number of carboxylic acid groups (broad SMARTS) is 1. The van der Waals surface area contributed by atoms with E-state index in [4.69, 9.17) is 9.63 Å². The molecular formula is C15H17N3O4. The minimum atomic E-state index is -1.15. The Kier molecular flexibility index (Phi) is 3.81. The van der Waals surface area contributed by atoms with Gasteiger partial charge in [0.15, 0.2) is 5.82 Å². The van der Waals surface area contributed by atoms with Gasteiger partial charge in [-0.05, 0) is 37.6 Å². The summed E-state index contributed by atoms with van der Waals surface area (Å²) in [5, 5.41) is 22.5. The molecule has 1 aromatic carbocycles. The van der Waals surface area contributed by atoms with E-state index >= 15 is 0 Å². The Balaban J connectivity index is 1.64. The highest BCUT2D eigenvalue weighted by atomic mass is 16.5. The van der Waals surface area contributed by atoms with E-state index in [2.05, 4.69) is 10.1 Å². The molecule has 1 fully saturated rings. The van der Waals surface area contributed by atoms with Crippen LogP contribution >= 0.6 is 0 Å². The zero-order chi connectivity index (χ0) is 15.7. The van der Waals surface area contributed by atoms with Gasteiger partial charge in [-0.3, -0.25) is 4.90 Å². The van der Waals surface area contributed by atoms with Crippen molar-refractivity contribution in [2.75, 3.05) is 7.05 Å². The Morgan fingerprint density at radius 2 is 2.18 bits per heavy atom. The van der Waals surface area contributed by atoms with Gasteiger partial charge >= 0.3 is 5.97 Å². The average molecular weight is 303 g/mol. The molecule has 0 radical (unpaired) electrons. The number of hydrogen-bond acceptors (Lipinski definition) is 6. The third kappa shape index (κ3) is 3.25. The number of aromatic carboxylic acids is 1. The Morgan fingerprint density at radius 3 is 2.86 bits per heavy atom. The number of benzene rings is 1. The van der Waals surface area contributed by atoms with Crippen LogP contribution < -0.4 is 0 Å². The van der Waals surface area contributed by atoms with Gasteiger partial charge in [0, 0.05) is 12.5 Å². The lowest BCUT2D eigenvalue weighted by Gasteiger charge is -2.14. The number of aromatic hydroxyl groups is 1. The predicted molar refractivity (Wildman–Crippen MR) is 76.5 cm³/mol. The maximum Gasteiger partial charge on any atom is 0.339 e. The summed E-state index contributed by atoms with van der Waals surface area (Å²) in [6.45, 7) is 1.00. The number of hydrogen-bond donors (Lipinski definition) is 2. The van der Waals surface area contributed by atoms with Gasteiger partial charge in [-0.25, -0.2) is 4.79 Å². The first-order valence-electron chi connectivity index (χ1n) is 7.09. The van der Waals surface area contributed by atoms with E-state index in [1.54, 1.807) is 6.07 Å². The molecule has 2 aromatic rings. The summed E-state index contributed by atoms with van der Waals surface area (Å²) in [5.74, 6) is 0.415. The lowest BCUT2D eigenvalue weighted by molar-refractivity contribution is 0.0693. The SMILES string of the molecule is CN(Cc1ccc(O)c(C(=O)O)c1)Cc1nc(C2CC2)no1. The molecule has 0 amide bonds. The summed E-state index contributed by atoms with van der Waals surface area (Å²) < 4.78 is 5.22. The number of phenols is 1. The number of rotatable bonds is 6. The van der Waals surface area contributed by atoms with Crippen LogP contribution in [0.1, 0.15) is 46.4 Å². The number of nitrogens with zero attached hydrogens (tertiary/aromatic N) is 3. The molecule has 7 nitrogen and oxygen atoms in total. The van der Waals surface area contributed by atoms with Crippen LogP contribution in [0.3, 0.4) is 0 Å². The highest BCUT2D eigenvalue weighted by Crippen LogP contribution is 2.38. The molecule has 1 aliphatic carbocycles. The topological polar surface area (TPSA) is 99.7 Å². The van der Waals surface area contributed by atoms with Gasteiger partial charge in [0.2, 0.25) is 5.89 Å². The van der Waals surface area contributed by atoms with E-state index in [-0.39, 0.29) is 11.3 Å². The van der Waals surface area contributed by atoms with Crippen LogP contribution in [0.2, 0.25) is 0 Å². The van der Waals surface area contributed by atoms with Gasteiger partial charge in [0.05, 0.1) is 6.54 Å². The molecule has 1 aliphatic rings. The Bertz CT molecular complexity index is 694. The molecule has 0 aliphatic heterocycles. The molecule has 0 spiro atoms. The smallest absolute Gasteiger partial charge is 0.339 e. The van der Waals surface area contributed by atoms with Gasteiger partial charge < -0.3 is 14.7 Å². The van der Waals surface area contributed by atoms with E-state index in [9.17, 15) is 9.90 Å². The van der Waals surface area contributed by atoms with Gasteiger partial charge in [-0.1, -0.05) is 11.2 Å². The molecule has 0 unspecified atom stereocenters. The number of aromatic nitrogens is 2. The largest absolute Gasteiger partial charge is 0.507 e. The second kappa shape index (κ2) is 5.76. The lowest BCUT2D eigenvalue weighted by Crippen LogP contribution is -2.17. The van der Waals surface area contributed by atoms with Gasteiger partial charge in [-0.15, -0.1) is 0 Å². The van der Waals surface area contributed by atoms with Crippen LogP contribution in [0.4, 0.5) is 0 Å². The quantitative estimate of drug-likeness (QED) is 0.841. The molecular weight excluding hydrogens is 286 g/mol. The maximum atomic E-state index is 11.0. The first kappa shape index (κ1) is 14.5. The molecule has 116 valence electrons. The van der Waals surface area contributed by atoms with Gasteiger partial charge in [0.25, 0.3) is 0 Å². The fraction of sp³-hybridized carbons (Fsp3) is 0.400. The van der Waals surface area contributed by atoms with Gasteiger partial charge in [-0.2, -0.15) is 4.98 Å². The molecule has 0 bridgehead atoms. The van der Waals surface area contributed by atoms with Crippen LogP contribution in [-0.2, 0) is 13.1 Å². The van der Waals surface area contributed by atoms with Crippen molar-refractivity contribution in [1.29, 1.82) is 0 Å². The Morgan fingerprint density at radius 1 is 1.41 bits per heavy atom. The van der Waals surface area contributed by atoms with Crippen molar-refractivity contribution >= 4 is 5.97 Å². The molecule has 22 heavy (non-hydrogen) atoms. The van der Waals surface area contributed by atoms with Crippen LogP contribution in [0.5, 0.6) is 5.75 Å². The highest BCUT2D eigenvalue weighted by molar-refractivity contribution is 5.90. The zero-order valence-corrected chi connectivity index (χ0v) is 12.2. The molecule has 1 saturated carbocycles. The summed E-state index contributed by atoms with van der Waals surface area (Å²) in [4.78, 5) is 17.3. The fourth-order valence-electron chi connectivity index (χ4n) is 2.29. The second-order valence-corrected chi connectivity index (χ2v) is 5.65. The first-order chi connectivity index (χ1) is 10.5. The number of carboxylic acids is 1. The minimum Gasteiger partial charge on any atom is -0.507 e. The maximum absolute atomic E-state index is 11.0. The summed E-state index contributed by atoms with van der Waals surface area (Å²) in [5.41, 5.74) is 0.694. The van der Waals surface area contributed by atoms with Crippen molar-refractivity contribution in [2.45, 2.75) is 31.8 Å². The monoisotopic (exact) mass is 303 g/mol. The molecule has 7 heteroatoms. The van der Waals surface area contributed by atoms with Crippen molar-refractivity contribution in [1.82, 2.24) is 15.0 Å². The normalized spacial score (nSPS) is 14.5. The van der Waals surface area contributed by atoms with Crippen molar-refractivity contribution in [3.05, 3.63) is 41.0 Å². The highest BCUT2D eigenvalue weighted by Gasteiger charge is 2.28. The molecule has 0 atom stereocenters. The standard InChI is InChI=1S/C15H17N3O4/c1-18(8-13-16-14(17-22-13)10-3-4-10)7-9-2-5-12(19)11(6-9)15(20)21/h2,5-6,10,19H,3-4,7-8H2,1H3,(H,20,21). The third-order valence-electron chi connectivity index (χ3n) is 3.58. The van der Waals surface area contributed by atoms with Gasteiger partial charge in [0.1, 0.15) is 11.3 Å². The second-order valence-electron chi connectivity index (χ2n) is 5.65. The molecule has 1 heterocycles. The third-order valence-corrected chi connectivity index (χ3v) is 3.58. The van der Waals surface area contributed by atoms with E-state index < -0.39 is 5.97 Å². The van der Waals surface area contributed by atoms with Crippen LogP contribution in [0.15, 0.2) is 22.7 Å². The first-order valence-corrected chi connectivity index (χ1v) is 7.09. The Labute approximate surface area is 127 Å². The molecule has 2 N–H and O–H groups in total. The summed E-state index contributed by atoms with van der Waals surface area (Å²) >= 11 is 0. The van der Waals surface area contributed by atoms with Crippen LogP contribution in [0, 0.1) is 0 Å². The van der Waals surface area contributed by atoms with Crippen molar-refractivity contribution in [3.8, 4) is 5.75 Å². The molecule has 0 saturated heterocycles. The predicted octanol–water partition coefficient (Wildman–Crippen LogP) is 1.98. The average Bonchev–Trinajstić information content (AvgIpc) is 3.21. The van der Waals surface area contributed by atoms with E-state index in [1.807, 2.05) is 11.9 Å². The van der Waals surface area contributed by atoms with Crippen molar-refractivity contribution < 1.29 is 19.5 Å².